The molecule has 4 aromatic rings. The number of benzene rings is 4. The molecule has 0 unspecified atom stereocenters. The molecule has 9 heteroatoms. The molecule has 0 fully saturated rings. The van der Waals surface area contributed by atoms with Crippen LogP contribution in [0.1, 0.15) is 21.5 Å². The van der Waals surface area contributed by atoms with Crippen molar-refractivity contribution in [3.63, 3.8) is 0 Å². The Hall–Kier alpha value is -3.81. The largest absolute Gasteiger partial charge is 0.478 e. The van der Waals surface area contributed by atoms with Crippen LogP contribution in [-0.2, 0) is 12.8 Å². The molecule has 1 aliphatic rings. The molecule has 1 heterocycles. The fourth-order valence-corrected chi connectivity index (χ4v) is 4.40. The fraction of sp³-hybridized carbons (Fsp3) is 0.0800. The van der Waals surface area contributed by atoms with Gasteiger partial charge in [-0.25, -0.2) is 4.79 Å². The maximum Gasteiger partial charge on any atom is 0.338 e. The van der Waals surface area contributed by atoms with Gasteiger partial charge in [-0.2, -0.15) is 0 Å². The molecule has 0 spiro atoms. The number of fused-ring (bicyclic) bond motifs is 3. The molecule has 0 bridgehead atoms. The molecule has 1 aliphatic heterocycles. The number of nitro groups is 1. The summed E-state index contributed by atoms with van der Waals surface area (Å²) in [5.41, 5.74) is 2.32. The lowest BCUT2D eigenvalue weighted by atomic mass is 9.97. The minimum absolute atomic E-state index is 0.0896. The Bertz CT molecular complexity index is 1500. The van der Waals surface area contributed by atoms with E-state index in [1.54, 1.807) is 6.07 Å². The summed E-state index contributed by atoms with van der Waals surface area (Å²) in [6.45, 7) is 0. The van der Waals surface area contributed by atoms with E-state index in [0.717, 1.165) is 40.8 Å². The second kappa shape index (κ2) is 8.52. The summed E-state index contributed by atoms with van der Waals surface area (Å²) in [5, 5.41) is 26.9. The van der Waals surface area contributed by atoms with E-state index in [1.807, 2.05) is 42.5 Å². The van der Waals surface area contributed by atoms with Crippen LogP contribution < -0.4 is 10.1 Å². The number of ether oxygens (including phenoxy) is 1. The zero-order chi connectivity index (χ0) is 24.0. The van der Waals surface area contributed by atoms with Gasteiger partial charge in [-0.15, -0.1) is 0 Å². The van der Waals surface area contributed by atoms with E-state index >= 15 is 0 Å². The first-order valence-corrected chi connectivity index (χ1v) is 11.1. The summed E-state index contributed by atoms with van der Waals surface area (Å²) in [7, 11) is 0. The minimum atomic E-state index is -1.29. The highest BCUT2D eigenvalue weighted by atomic mass is 35.5. The number of anilines is 2. The minimum Gasteiger partial charge on any atom is -0.478 e. The highest BCUT2D eigenvalue weighted by molar-refractivity contribution is 6.42. The number of nitro benzene ring substituents is 1. The third kappa shape index (κ3) is 4.00. The van der Waals surface area contributed by atoms with Gasteiger partial charge < -0.3 is 15.2 Å². The van der Waals surface area contributed by atoms with Crippen LogP contribution in [0.5, 0.6) is 11.5 Å². The van der Waals surface area contributed by atoms with Gasteiger partial charge in [-0.3, -0.25) is 10.1 Å². The van der Waals surface area contributed by atoms with Crippen LogP contribution >= 0.6 is 23.2 Å². The molecule has 0 amide bonds. The molecule has 5 rings (SSSR count). The van der Waals surface area contributed by atoms with Crippen molar-refractivity contribution in [2.45, 2.75) is 12.8 Å². The summed E-state index contributed by atoms with van der Waals surface area (Å²) in [6.07, 6.45) is 1.50. The van der Waals surface area contributed by atoms with Gasteiger partial charge >= 0.3 is 5.97 Å². The van der Waals surface area contributed by atoms with E-state index < -0.39 is 10.9 Å². The molecule has 0 saturated heterocycles. The number of halogens is 2. The third-order valence-electron chi connectivity index (χ3n) is 5.75. The van der Waals surface area contributed by atoms with E-state index in [-0.39, 0.29) is 22.7 Å². The highest BCUT2D eigenvalue weighted by Gasteiger charge is 2.27. The van der Waals surface area contributed by atoms with E-state index in [1.165, 1.54) is 6.07 Å². The van der Waals surface area contributed by atoms with Gasteiger partial charge in [0.05, 0.1) is 38.0 Å². The Kier molecular flexibility index (Phi) is 5.51. The number of non-ortho nitro benzene ring substituents is 1. The molecule has 34 heavy (non-hydrogen) atoms. The number of hydrogen-bond donors (Lipinski definition) is 2. The Labute approximate surface area is 203 Å². The van der Waals surface area contributed by atoms with Gasteiger partial charge in [0.15, 0.2) is 11.5 Å². The SMILES string of the molecule is O=C(O)c1cc([N+](=O)[O-])cc2c1Nc1cc3cccc(CCc4ccc(Cl)c(Cl)c4)c3cc1O2. The summed E-state index contributed by atoms with van der Waals surface area (Å²) < 4.78 is 5.95. The van der Waals surface area contributed by atoms with Crippen LogP contribution in [0, 0.1) is 10.1 Å². The molecular formula is C25H16Cl2N2O5. The molecule has 0 saturated carbocycles. The van der Waals surface area contributed by atoms with Gasteiger partial charge in [0.1, 0.15) is 0 Å². The second-order valence-corrected chi connectivity index (χ2v) is 8.71. The molecule has 0 atom stereocenters. The molecule has 0 aliphatic carbocycles. The molecule has 7 nitrogen and oxygen atoms in total. The van der Waals surface area contributed by atoms with Crippen LogP contribution in [-0.4, -0.2) is 16.0 Å². The van der Waals surface area contributed by atoms with Gasteiger partial charge in [0.2, 0.25) is 0 Å². The van der Waals surface area contributed by atoms with Gasteiger partial charge in [-0.05, 0) is 59.0 Å². The van der Waals surface area contributed by atoms with Crippen LogP contribution in [0.2, 0.25) is 10.0 Å². The molecule has 4 aromatic carbocycles. The van der Waals surface area contributed by atoms with Crippen molar-refractivity contribution < 1.29 is 19.6 Å². The standard InChI is InChI=1S/C25H16Cl2N2O5/c26-19-7-5-13(8-20(19)27)4-6-14-2-1-3-15-9-21-22(12-17(14)15)34-23-11-16(29(32)33)10-18(25(30)31)24(23)28-21/h1-3,5,7-12,28H,4,6H2,(H,30,31). The monoisotopic (exact) mass is 494 g/mol. The average molecular weight is 495 g/mol. The van der Waals surface area contributed by atoms with Crippen molar-refractivity contribution in [1.82, 2.24) is 0 Å². The number of aromatic carboxylic acids is 1. The quantitative estimate of drug-likeness (QED) is 0.195. The first-order chi connectivity index (χ1) is 16.3. The lowest BCUT2D eigenvalue weighted by Gasteiger charge is -2.24. The number of carboxylic acid groups (broad SMARTS) is 1. The van der Waals surface area contributed by atoms with Crippen LogP contribution in [0.4, 0.5) is 17.1 Å². The van der Waals surface area contributed by atoms with Crippen molar-refractivity contribution in [3.8, 4) is 11.5 Å². The Morgan fingerprint density at radius 3 is 2.56 bits per heavy atom. The normalized spacial score (nSPS) is 11.8. The molecule has 0 aromatic heterocycles. The number of carbonyl (C=O) groups is 1. The number of nitrogens with one attached hydrogen (secondary N) is 1. The van der Waals surface area contributed by atoms with E-state index in [0.29, 0.717) is 21.5 Å². The van der Waals surface area contributed by atoms with E-state index in [2.05, 4.69) is 5.32 Å². The maximum absolute atomic E-state index is 11.7. The number of nitrogens with zero attached hydrogens (tertiary/aromatic N) is 1. The zero-order valence-corrected chi connectivity index (χ0v) is 19.0. The van der Waals surface area contributed by atoms with Crippen LogP contribution in [0.3, 0.4) is 0 Å². The van der Waals surface area contributed by atoms with Crippen molar-refractivity contribution in [1.29, 1.82) is 0 Å². The topological polar surface area (TPSA) is 102 Å². The van der Waals surface area contributed by atoms with Gasteiger partial charge in [0, 0.05) is 6.07 Å². The van der Waals surface area contributed by atoms with E-state index in [9.17, 15) is 20.0 Å². The number of aryl methyl sites for hydroxylation is 2. The molecule has 170 valence electrons. The molecule has 2 N–H and O–H groups in total. The zero-order valence-electron chi connectivity index (χ0n) is 17.5. The number of rotatable bonds is 5. The lowest BCUT2D eigenvalue weighted by molar-refractivity contribution is -0.384. The first kappa shape index (κ1) is 22.0. The summed E-state index contributed by atoms with van der Waals surface area (Å²) in [6, 6.07) is 17.5. The Morgan fingerprint density at radius 1 is 1.00 bits per heavy atom. The lowest BCUT2D eigenvalue weighted by Crippen LogP contribution is -2.10. The number of carboxylic acids is 1. The summed E-state index contributed by atoms with van der Waals surface area (Å²) in [4.78, 5) is 22.3. The van der Waals surface area contributed by atoms with Crippen molar-refractivity contribution in [3.05, 3.63) is 97.5 Å². The van der Waals surface area contributed by atoms with E-state index in [4.69, 9.17) is 27.9 Å². The maximum atomic E-state index is 11.7. The van der Waals surface area contributed by atoms with Crippen molar-refractivity contribution in [2.24, 2.45) is 0 Å². The number of hydrogen-bond acceptors (Lipinski definition) is 5. The second-order valence-electron chi connectivity index (χ2n) is 7.89. The predicted molar refractivity (Wildman–Crippen MR) is 131 cm³/mol. The molecular weight excluding hydrogens is 479 g/mol. The Morgan fingerprint density at radius 2 is 1.82 bits per heavy atom. The fourth-order valence-electron chi connectivity index (χ4n) is 4.08. The first-order valence-electron chi connectivity index (χ1n) is 10.3. The van der Waals surface area contributed by atoms with Crippen LogP contribution in [0.25, 0.3) is 10.8 Å². The predicted octanol–water partition coefficient (Wildman–Crippen LogP) is 7.39. The molecule has 0 radical (unpaired) electrons. The average Bonchev–Trinajstić information content (AvgIpc) is 2.81. The summed E-state index contributed by atoms with van der Waals surface area (Å²) in [5.74, 6) is -0.740. The van der Waals surface area contributed by atoms with Gasteiger partial charge in [-0.1, -0.05) is 47.5 Å². The smallest absolute Gasteiger partial charge is 0.338 e. The summed E-state index contributed by atoms with van der Waals surface area (Å²) >= 11 is 12.2. The van der Waals surface area contributed by atoms with Crippen LogP contribution in [0.15, 0.2) is 60.7 Å². The third-order valence-corrected chi connectivity index (χ3v) is 6.48. The highest BCUT2D eigenvalue weighted by Crippen LogP contribution is 2.47. The van der Waals surface area contributed by atoms with Gasteiger partial charge in [0.25, 0.3) is 5.69 Å². The van der Waals surface area contributed by atoms with Crippen molar-refractivity contribution in [2.75, 3.05) is 5.32 Å². The Balaban J connectivity index is 1.52. The van der Waals surface area contributed by atoms with Crippen molar-refractivity contribution >= 4 is 57.0 Å².